The van der Waals surface area contributed by atoms with Crippen LogP contribution in [0.4, 0.5) is 0 Å². The largest absolute Gasteiger partial charge is 0.280 e. The number of rotatable bonds is 1. The van der Waals surface area contributed by atoms with Gasteiger partial charge in [0, 0.05) is 10.0 Å². The second-order valence-corrected chi connectivity index (χ2v) is 6.55. The maximum Gasteiger partial charge on any atom is 0.238 e. The highest BCUT2D eigenvalue weighted by molar-refractivity contribution is 8.51. The predicted octanol–water partition coefficient (Wildman–Crippen LogP) is 2.33. The van der Waals surface area contributed by atoms with Crippen molar-refractivity contribution in [2.75, 3.05) is 6.26 Å². The van der Waals surface area contributed by atoms with E-state index in [0.717, 1.165) is 11.3 Å². The van der Waals surface area contributed by atoms with Crippen molar-refractivity contribution >= 4 is 38.1 Å². The molecule has 1 rings (SSSR count). The van der Waals surface area contributed by atoms with Crippen molar-refractivity contribution in [2.24, 2.45) is 0 Å². The van der Waals surface area contributed by atoms with E-state index in [1.807, 2.05) is 0 Å². The summed E-state index contributed by atoms with van der Waals surface area (Å²) in [6, 6.07) is 0. The first-order chi connectivity index (χ1) is 6.53. The van der Waals surface area contributed by atoms with Gasteiger partial charge in [-0.15, -0.1) is 0 Å². The topological polar surface area (TPSA) is 77.5 Å². The molecule has 0 amide bonds. The van der Waals surface area contributed by atoms with Crippen LogP contribution in [-0.2, 0) is 0 Å². The molecule has 0 spiro atoms. The van der Waals surface area contributed by atoms with Crippen molar-refractivity contribution in [3.8, 4) is 10.8 Å². The molecule has 0 aromatic carbocycles. The number of halogens is 1. The molecule has 0 unspecified atom stereocenters. The van der Waals surface area contributed by atoms with Crippen LogP contribution in [0.15, 0.2) is 6.20 Å². The van der Waals surface area contributed by atoms with E-state index in [1.165, 1.54) is 12.5 Å². The first kappa shape index (κ1) is 11.0. The van der Waals surface area contributed by atoms with Crippen LogP contribution >= 0.6 is 33.0 Å². The lowest BCUT2D eigenvalue weighted by atomic mass is 10.6. The van der Waals surface area contributed by atoms with Crippen molar-refractivity contribution in [3.63, 3.8) is 0 Å². The molecule has 72 valence electrons. The molecule has 0 radical (unpaired) electrons. The van der Waals surface area contributed by atoms with Crippen molar-refractivity contribution in [1.29, 1.82) is 10.5 Å². The van der Waals surface area contributed by atoms with Gasteiger partial charge in [-0.2, -0.15) is 10.5 Å². The summed E-state index contributed by atoms with van der Waals surface area (Å²) in [6.07, 6.45) is 2.64. The van der Waals surface area contributed by atoms with Crippen LogP contribution in [0.25, 0.3) is 0 Å². The number of nitrogens with zero attached hydrogens (tertiary/aromatic N) is 3. The highest BCUT2D eigenvalue weighted by atomic mass is 35.5. The Balaban J connectivity index is 3.10. The molecule has 0 saturated carbocycles. The van der Waals surface area contributed by atoms with Gasteiger partial charge in [-0.05, 0) is 6.26 Å². The summed E-state index contributed by atoms with van der Waals surface area (Å²) in [5.74, 6) is 0. The number of thiazole rings is 1. The first-order valence-electron chi connectivity index (χ1n) is 3.29. The second kappa shape index (κ2) is 3.97. The summed E-state index contributed by atoms with van der Waals surface area (Å²) in [5.41, 5.74) is 0. The number of carbonyl (C=O) groups is 1. The van der Waals surface area contributed by atoms with E-state index in [-0.39, 0.29) is 9.34 Å². The molecule has 0 saturated heterocycles. The number of hydrogen-bond donors (Lipinski definition) is 0. The highest BCUT2D eigenvalue weighted by Gasteiger charge is 2.30. The lowest BCUT2D eigenvalue weighted by Crippen LogP contribution is -2.05. The van der Waals surface area contributed by atoms with E-state index in [1.54, 1.807) is 10.8 Å². The normalized spacial score (nSPS) is 11.4. The van der Waals surface area contributed by atoms with Gasteiger partial charge in [0.1, 0.15) is 15.7 Å². The summed E-state index contributed by atoms with van der Waals surface area (Å²) in [6.45, 7) is 0. The molecule has 0 bridgehead atoms. The molecule has 1 aromatic heterocycles. The maximum absolute atomic E-state index is 11.6. The lowest BCUT2D eigenvalue weighted by molar-refractivity contribution is 0.108. The Morgan fingerprint density at radius 3 is 2.57 bits per heavy atom. The molecular formula is C7H4ClN3OS2. The Bertz CT molecular complexity index is 442. The van der Waals surface area contributed by atoms with Crippen LogP contribution in [0.1, 0.15) is 9.67 Å². The predicted molar refractivity (Wildman–Crippen MR) is 56.2 cm³/mol. The molecular weight excluding hydrogens is 242 g/mol. The van der Waals surface area contributed by atoms with Gasteiger partial charge < -0.3 is 0 Å². The summed E-state index contributed by atoms with van der Waals surface area (Å²) in [5, 5.41) is 20.4. The van der Waals surface area contributed by atoms with Crippen molar-refractivity contribution in [1.82, 2.24) is 4.98 Å². The van der Waals surface area contributed by atoms with Gasteiger partial charge in [-0.1, -0.05) is 22.9 Å². The fourth-order valence-corrected chi connectivity index (χ4v) is 2.71. The van der Waals surface area contributed by atoms with Crippen LogP contribution < -0.4 is 0 Å². The monoisotopic (exact) mass is 245 g/mol. The van der Waals surface area contributed by atoms with Crippen molar-refractivity contribution < 1.29 is 4.79 Å². The molecule has 0 atom stereocenters. The van der Waals surface area contributed by atoms with Crippen LogP contribution in [0.5, 0.6) is 0 Å². The fraction of sp³-hybridized carbons (Fsp3) is 0.143. The molecule has 14 heavy (non-hydrogen) atoms. The molecule has 1 aromatic rings. The molecule has 0 aliphatic heterocycles. The van der Waals surface area contributed by atoms with E-state index >= 15 is 0 Å². The zero-order chi connectivity index (χ0) is 10.8. The standard InChI is InChI=1S/C7H4ClN3OS2/c1-14(3-9,4-10)6(12)5-2-11-7(8)13-5/h2H,1H3. The van der Waals surface area contributed by atoms with Gasteiger partial charge in [0.05, 0.1) is 6.20 Å². The summed E-state index contributed by atoms with van der Waals surface area (Å²) in [7, 11) is -2.55. The maximum atomic E-state index is 11.6. The lowest BCUT2D eigenvalue weighted by Gasteiger charge is -2.13. The Morgan fingerprint density at radius 2 is 2.21 bits per heavy atom. The minimum atomic E-state index is -2.55. The molecule has 4 nitrogen and oxygen atoms in total. The zero-order valence-electron chi connectivity index (χ0n) is 7.02. The second-order valence-electron chi connectivity index (χ2n) is 2.37. The van der Waals surface area contributed by atoms with E-state index in [4.69, 9.17) is 22.1 Å². The fourth-order valence-electron chi connectivity index (χ4n) is 0.652. The van der Waals surface area contributed by atoms with Crippen molar-refractivity contribution in [2.45, 2.75) is 0 Å². The number of aromatic nitrogens is 1. The van der Waals surface area contributed by atoms with Crippen LogP contribution in [0.3, 0.4) is 0 Å². The van der Waals surface area contributed by atoms with E-state index in [2.05, 4.69) is 4.98 Å². The molecule has 1 heterocycles. The van der Waals surface area contributed by atoms with E-state index < -0.39 is 15.1 Å². The van der Waals surface area contributed by atoms with Crippen LogP contribution in [-0.4, -0.2) is 16.4 Å². The van der Waals surface area contributed by atoms with E-state index in [9.17, 15) is 4.79 Å². The Morgan fingerprint density at radius 1 is 1.64 bits per heavy atom. The van der Waals surface area contributed by atoms with Gasteiger partial charge in [0.15, 0.2) is 4.47 Å². The minimum Gasteiger partial charge on any atom is -0.280 e. The zero-order valence-corrected chi connectivity index (χ0v) is 9.41. The van der Waals surface area contributed by atoms with E-state index in [0.29, 0.717) is 0 Å². The number of hydrogen-bond acceptors (Lipinski definition) is 5. The smallest absolute Gasteiger partial charge is 0.238 e. The highest BCUT2D eigenvalue weighted by Crippen LogP contribution is 2.45. The molecule has 7 heteroatoms. The van der Waals surface area contributed by atoms with Gasteiger partial charge in [0.25, 0.3) is 0 Å². The number of nitriles is 2. The quantitative estimate of drug-likeness (QED) is 0.712. The van der Waals surface area contributed by atoms with Gasteiger partial charge in [-0.3, -0.25) is 4.79 Å². The Kier molecular flexibility index (Phi) is 3.12. The number of carbonyl (C=O) groups excluding carboxylic acids is 1. The van der Waals surface area contributed by atoms with Crippen LogP contribution in [0.2, 0.25) is 4.47 Å². The Hall–Kier alpha value is -1.08. The SMILES string of the molecule is CS(C#N)(C#N)C(=O)c1cnc(Cl)s1. The third-order valence-corrected chi connectivity index (χ3v) is 4.35. The average Bonchev–Trinajstić information content (AvgIpc) is 2.62. The minimum absolute atomic E-state index is 0.228. The van der Waals surface area contributed by atoms with Gasteiger partial charge in [0.2, 0.25) is 5.12 Å². The van der Waals surface area contributed by atoms with Crippen molar-refractivity contribution in [3.05, 3.63) is 15.5 Å². The summed E-state index contributed by atoms with van der Waals surface area (Å²) >= 11 is 6.52. The molecule has 0 aliphatic carbocycles. The first-order valence-corrected chi connectivity index (χ1v) is 6.53. The van der Waals surface area contributed by atoms with Crippen LogP contribution in [0, 0.1) is 21.3 Å². The van der Waals surface area contributed by atoms with Gasteiger partial charge in [-0.25, -0.2) is 4.98 Å². The average molecular weight is 246 g/mol. The molecule has 0 aliphatic rings. The Labute approximate surface area is 91.1 Å². The summed E-state index contributed by atoms with van der Waals surface area (Å²) in [4.78, 5) is 15.6. The van der Waals surface area contributed by atoms with Gasteiger partial charge >= 0.3 is 0 Å². The number of thiocyanates is 2. The third-order valence-electron chi connectivity index (χ3n) is 1.41. The molecule has 0 fully saturated rings. The third kappa shape index (κ3) is 1.88. The summed E-state index contributed by atoms with van der Waals surface area (Å²) < 4.78 is 0.228. The molecule has 0 N–H and O–H groups in total.